The van der Waals surface area contributed by atoms with Crippen LogP contribution in [-0.2, 0) is 17.8 Å². The highest BCUT2D eigenvalue weighted by Gasteiger charge is 2.11. The number of para-hydroxylation sites is 1. The molecule has 2 aromatic heterocycles. The van der Waals surface area contributed by atoms with E-state index >= 15 is 0 Å². The Morgan fingerprint density at radius 2 is 2.21 bits per heavy atom. The molecule has 0 aliphatic heterocycles. The minimum atomic E-state index is -0.103. The molecule has 0 unspecified atom stereocenters. The van der Waals surface area contributed by atoms with Crippen molar-refractivity contribution < 1.29 is 9.32 Å². The first kappa shape index (κ1) is 11.5. The predicted octanol–water partition coefficient (Wildman–Crippen LogP) is 1.41. The van der Waals surface area contributed by atoms with Gasteiger partial charge in [0.15, 0.2) is 5.58 Å². The molecule has 0 aliphatic rings. The molecule has 0 saturated carbocycles. The highest BCUT2D eigenvalue weighted by molar-refractivity contribution is 5.86. The average molecular weight is 256 g/mol. The Morgan fingerprint density at radius 3 is 3.05 bits per heavy atom. The minimum absolute atomic E-state index is 0.103. The van der Waals surface area contributed by atoms with Crippen LogP contribution in [0.15, 0.2) is 41.1 Å². The van der Waals surface area contributed by atoms with Gasteiger partial charge in [-0.2, -0.15) is 5.10 Å². The van der Waals surface area contributed by atoms with Gasteiger partial charge in [-0.3, -0.25) is 9.89 Å². The topological polar surface area (TPSA) is 83.8 Å². The molecule has 0 fully saturated rings. The summed E-state index contributed by atoms with van der Waals surface area (Å²) < 4.78 is 5.15. The Kier molecular flexibility index (Phi) is 2.97. The van der Waals surface area contributed by atoms with Crippen LogP contribution >= 0.6 is 0 Å². The maximum atomic E-state index is 11.8. The van der Waals surface area contributed by atoms with Gasteiger partial charge in [-0.25, -0.2) is 0 Å². The van der Waals surface area contributed by atoms with E-state index in [2.05, 4.69) is 20.7 Å². The molecule has 3 rings (SSSR count). The van der Waals surface area contributed by atoms with Crippen molar-refractivity contribution in [1.29, 1.82) is 0 Å². The van der Waals surface area contributed by atoms with Crippen LogP contribution in [0.1, 0.15) is 11.4 Å². The summed E-state index contributed by atoms with van der Waals surface area (Å²) in [6.07, 6.45) is 1.85. The third-order valence-corrected chi connectivity index (χ3v) is 2.81. The first-order valence-corrected chi connectivity index (χ1v) is 5.91. The number of aromatic nitrogens is 3. The van der Waals surface area contributed by atoms with Crippen molar-refractivity contribution in [2.24, 2.45) is 0 Å². The fourth-order valence-electron chi connectivity index (χ4n) is 1.86. The fourth-order valence-corrected chi connectivity index (χ4v) is 1.86. The monoisotopic (exact) mass is 256 g/mol. The summed E-state index contributed by atoms with van der Waals surface area (Å²) in [6, 6.07) is 9.30. The number of aromatic amines is 1. The van der Waals surface area contributed by atoms with E-state index in [1.807, 2.05) is 30.3 Å². The molecule has 0 atom stereocenters. The number of H-pyrrole nitrogens is 1. The molecule has 6 heteroatoms. The lowest BCUT2D eigenvalue weighted by molar-refractivity contribution is -0.120. The Bertz CT molecular complexity index is 688. The highest BCUT2D eigenvalue weighted by Crippen LogP contribution is 2.17. The summed E-state index contributed by atoms with van der Waals surface area (Å²) in [5.41, 5.74) is 2.20. The summed E-state index contributed by atoms with van der Waals surface area (Å²) in [4.78, 5) is 11.8. The lowest BCUT2D eigenvalue weighted by atomic mass is 10.1. The summed E-state index contributed by atoms with van der Waals surface area (Å²) in [7, 11) is 0. The number of hydrogen-bond acceptors (Lipinski definition) is 4. The quantitative estimate of drug-likeness (QED) is 0.739. The molecule has 2 N–H and O–H groups in total. The smallest absolute Gasteiger partial charge is 0.226 e. The third kappa shape index (κ3) is 2.47. The van der Waals surface area contributed by atoms with Gasteiger partial charge in [0.25, 0.3) is 0 Å². The van der Waals surface area contributed by atoms with Gasteiger partial charge in [0.2, 0.25) is 5.91 Å². The van der Waals surface area contributed by atoms with Crippen LogP contribution < -0.4 is 5.32 Å². The molecule has 6 nitrogen and oxygen atoms in total. The van der Waals surface area contributed by atoms with Crippen molar-refractivity contribution in [3.63, 3.8) is 0 Å². The molecular formula is C13H12N4O2. The second-order valence-electron chi connectivity index (χ2n) is 4.16. The SMILES string of the molecule is O=C(Cc1noc2ccccc12)NCc1ccn[nH]1. The number of carbonyl (C=O) groups excluding carboxylic acids is 1. The lowest BCUT2D eigenvalue weighted by Gasteiger charge is -2.01. The Balaban J connectivity index is 1.66. The number of carbonyl (C=O) groups is 1. The van der Waals surface area contributed by atoms with E-state index < -0.39 is 0 Å². The number of nitrogens with zero attached hydrogens (tertiary/aromatic N) is 2. The Labute approximate surface area is 108 Å². The molecule has 96 valence electrons. The van der Waals surface area contributed by atoms with Crippen LogP contribution in [-0.4, -0.2) is 21.3 Å². The van der Waals surface area contributed by atoms with Crippen molar-refractivity contribution in [3.05, 3.63) is 47.9 Å². The molecular weight excluding hydrogens is 244 g/mol. The fraction of sp³-hybridized carbons (Fsp3) is 0.154. The van der Waals surface area contributed by atoms with Crippen molar-refractivity contribution in [2.75, 3.05) is 0 Å². The number of amides is 1. The van der Waals surface area contributed by atoms with Gasteiger partial charge in [0.1, 0.15) is 5.69 Å². The summed E-state index contributed by atoms with van der Waals surface area (Å²) >= 11 is 0. The summed E-state index contributed by atoms with van der Waals surface area (Å²) in [6.45, 7) is 0.425. The molecule has 0 saturated heterocycles. The van der Waals surface area contributed by atoms with Crippen molar-refractivity contribution in [1.82, 2.24) is 20.7 Å². The van der Waals surface area contributed by atoms with Crippen LogP contribution in [0.3, 0.4) is 0 Å². The molecule has 0 bridgehead atoms. The summed E-state index contributed by atoms with van der Waals surface area (Å²) in [5, 5.41) is 14.2. The van der Waals surface area contributed by atoms with E-state index in [4.69, 9.17) is 4.52 Å². The molecule has 2 heterocycles. The second kappa shape index (κ2) is 4.93. The zero-order valence-corrected chi connectivity index (χ0v) is 10.1. The number of benzene rings is 1. The Hall–Kier alpha value is -2.63. The van der Waals surface area contributed by atoms with Crippen LogP contribution in [0.2, 0.25) is 0 Å². The van der Waals surface area contributed by atoms with Gasteiger partial charge < -0.3 is 9.84 Å². The zero-order valence-electron chi connectivity index (χ0n) is 10.1. The van der Waals surface area contributed by atoms with Gasteiger partial charge in [0, 0.05) is 11.6 Å². The van der Waals surface area contributed by atoms with E-state index in [1.165, 1.54) is 0 Å². The van der Waals surface area contributed by atoms with Gasteiger partial charge >= 0.3 is 0 Å². The van der Waals surface area contributed by atoms with Crippen molar-refractivity contribution in [3.8, 4) is 0 Å². The maximum Gasteiger partial charge on any atom is 0.226 e. The van der Waals surface area contributed by atoms with E-state index in [0.717, 1.165) is 11.1 Å². The Morgan fingerprint density at radius 1 is 1.32 bits per heavy atom. The molecule has 1 aromatic carbocycles. The molecule has 0 aliphatic carbocycles. The molecule has 1 amide bonds. The average Bonchev–Trinajstić information content (AvgIpc) is 3.07. The molecule has 0 spiro atoms. The van der Waals surface area contributed by atoms with E-state index in [1.54, 1.807) is 6.20 Å². The normalized spacial score (nSPS) is 10.7. The van der Waals surface area contributed by atoms with Crippen molar-refractivity contribution in [2.45, 2.75) is 13.0 Å². The van der Waals surface area contributed by atoms with Crippen LogP contribution in [0.4, 0.5) is 0 Å². The zero-order chi connectivity index (χ0) is 13.1. The van der Waals surface area contributed by atoms with Crippen LogP contribution in [0, 0.1) is 0 Å². The summed E-state index contributed by atoms with van der Waals surface area (Å²) in [5.74, 6) is -0.103. The largest absolute Gasteiger partial charge is 0.356 e. The van der Waals surface area contributed by atoms with E-state index in [-0.39, 0.29) is 12.3 Å². The number of hydrogen-bond donors (Lipinski definition) is 2. The minimum Gasteiger partial charge on any atom is -0.356 e. The van der Waals surface area contributed by atoms with Crippen LogP contribution in [0.25, 0.3) is 11.0 Å². The van der Waals surface area contributed by atoms with Gasteiger partial charge in [-0.15, -0.1) is 0 Å². The second-order valence-corrected chi connectivity index (χ2v) is 4.16. The van der Waals surface area contributed by atoms with Crippen molar-refractivity contribution >= 4 is 16.9 Å². The number of rotatable bonds is 4. The molecule has 0 radical (unpaired) electrons. The lowest BCUT2D eigenvalue weighted by Crippen LogP contribution is -2.24. The standard InChI is InChI=1S/C13H12N4O2/c18-13(14-8-9-5-6-15-16-9)7-11-10-3-1-2-4-12(10)19-17-11/h1-6H,7-8H2,(H,14,18)(H,15,16). The van der Waals surface area contributed by atoms with Gasteiger partial charge in [-0.05, 0) is 18.2 Å². The first-order valence-electron chi connectivity index (χ1n) is 5.91. The highest BCUT2D eigenvalue weighted by atomic mass is 16.5. The van der Waals surface area contributed by atoms with Crippen LogP contribution in [0.5, 0.6) is 0 Å². The van der Waals surface area contributed by atoms with Gasteiger partial charge in [-0.1, -0.05) is 17.3 Å². The maximum absolute atomic E-state index is 11.8. The van der Waals surface area contributed by atoms with E-state index in [9.17, 15) is 4.79 Å². The number of nitrogens with one attached hydrogen (secondary N) is 2. The molecule has 19 heavy (non-hydrogen) atoms. The van der Waals surface area contributed by atoms with E-state index in [0.29, 0.717) is 17.8 Å². The van der Waals surface area contributed by atoms with Gasteiger partial charge in [0.05, 0.1) is 18.7 Å². The third-order valence-electron chi connectivity index (χ3n) is 2.81. The molecule has 3 aromatic rings. The predicted molar refractivity (Wildman–Crippen MR) is 68.1 cm³/mol. The number of fused-ring (bicyclic) bond motifs is 1. The first-order chi connectivity index (χ1) is 9.33.